The lowest BCUT2D eigenvalue weighted by molar-refractivity contribution is 0.339. The van der Waals surface area contributed by atoms with Crippen molar-refractivity contribution in [3.8, 4) is 22.9 Å². The summed E-state index contributed by atoms with van der Waals surface area (Å²) in [7, 11) is 3.25. The van der Waals surface area contributed by atoms with Gasteiger partial charge in [-0.15, -0.1) is 10.2 Å². The van der Waals surface area contributed by atoms with E-state index in [1.165, 1.54) is 37.1 Å². The number of benzene rings is 2. The van der Waals surface area contributed by atoms with Crippen LogP contribution in [0, 0.1) is 5.82 Å². The van der Waals surface area contributed by atoms with Crippen LogP contribution < -0.4 is 9.47 Å². The van der Waals surface area contributed by atoms with E-state index in [1.807, 2.05) is 30.3 Å². The van der Waals surface area contributed by atoms with Crippen molar-refractivity contribution in [1.29, 1.82) is 0 Å². The van der Waals surface area contributed by atoms with E-state index in [1.54, 1.807) is 14.2 Å². The maximum Gasteiger partial charge on any atom is 0.192 e. The molecule has 31 heavy (non-hydrogen) atoms. The molecule has 0 unspecified atom stereocenters. The molecule has 0 N–H and O–H groups in total. The van der Waals surface area contributed by atoms with Gasteiger partial charge in [0.1, 0.15) is 5.82 Å². The predicted octanol–water partition coefficient (Wildman–Crippen LogP) is 6.66. The zero-order valence-corrected chi connectivity index (χ0v) is 20.0. The third kappa shape index (κ3) is 4.90. The zero-order valence-electron chi connectivity index (χ0n) is 17.6. The molecule has 1 aliphatic carbocycles. The highest BCUT2D eigenvalue weighted by Gasteiger charge is 2.24. The third-order valence-electron chi connectivity index (χ3n) is 5.62. The van der Waals surface area contributed by atoms with Crippen molar-refractivity contribution in [2.45, 2.75) is 49.1 Å². The number of hydrogen-bond donors (Lipinski definition) is 0. The second kappa shape index (κ2) is 10.0. The first kappa shape index (κ1) is 22.1. The Morgan fingerprint density at radius 1 is 1.03 bits per heavy atom. The van der Waals surface area contributed by atoms with Crippen molar-refractivity contribution in [2.24, 2.45) is 0 Å². The molecular weight excluding hydrogens is 481 g/mol. The summed E-state index contributed by atoms with van der Waals surface area (Å²) in [5.41, 5.74) is 1.58. The van der Waals surface area contributed by atoms with Crippen molar-refractivity contribution in [3.05, 3.63) is 52.3 Å². The maximum absolute atomic E-state index is 14.3. The Morgan fingerprint density at radius 2 is 1.81 bits per heavy atom. The van der Waals surface area contributed by atoms with Crippen LogP contribution in [0.1, 0.15) is 43.7 Å². The van der Waals surface area contributed by atoms with Gasteiger partial charge in [-0.1, -0.05) is 53.0 Å². The molecule has 0 aliphatic heterocycles. The van der Waals surface area contributed by atoms with Crippen molar-refractivity contribution in [1.82, 2.24) is 14.8 Å². The van der Waals surface area contributed by atoms with Crippen molar-refractivity contribution >= 4 is 27.7 Å². The molecule has 164 valence electrons. The van der Waals surface area contributed by atoms with E-state index in [4.69, 9.17) is 9.47 Å². The van der Waals surface area contributed by atoms with Gasteiger partial charge >= 0.3 is 0 Å². The summed E-state index contributed by atoms with van der Waals surface area (Å²) >= 11 is 4.84. The first-order chi connectivity index (χ1) is 15.1. The Balaban J connectivity index is 1.68. The fourth-order valence-electron chi connectivity index (χ4n) is 4.00. The number of methoxy groups -OCH3 is 2. The molecule has 8 heteroatoms. The lowest BCUT2D eigenvalue weighted by Gasteiger charge is -2.25. The predicted molar refractivity (Wildman–Crippen MR) is 124 cm³/mol. The minimum Gasteiger partial charge on any atom is -0.493 e. The summed E-state index contributed by atoms with van der Waals surface area (Å²) in [4.78, 5) is 0. The molecule has 1 aromatic heterocycles. The summed E-state index contributed by atoms with van der Waals surface area (Å²) in [5, 5.41) is 9.85. The molecule has 0 spiro atoms. The first-order valence-electron chi connectivity index (χ1n) is 10.3. The van der Waals surface area contributed by atoms with Crippen LogP contribution in [0.5, 0.6) is 11.5 Å². The van der Waals surface area contributed by atoms with E-state index in [9.17, 15) is 4.39 Å². The number of halogens is 2. The lowest BCUT2D eigenvalue weighted by atomic mass is 9.95. The molecule has 1 aliphatic rings. The molecule has 0 saturated heterocycles. The Hall–Kier alpha value is -2.06. The fraction of sp³-hybridized carbons (Fsp3) is 0.391. The lowest BCUT2D eigenvalue weighted by Crippen LogP contribution is -2.15. The van der Waals surface area contributed by atoms with E-state index < -0.39 is 0 Å². The standard InChI is InChI=1S/C23H25BrFN3O2S/c1-29-20-11-9-15(12-21(20)30-2)22-26-27-23(28(22)18-6-4-3-5-7-18)31-14-16-8-10-17(24)13-19(16)25/h8-13,18H,3-7,14H2,1-2H3. The monoisotopic (exact) mass is 505 g/mol. The smallest absolute Gasteiger partial charge is 0.192 e. The minimum atomic E-state index is -0.217. The summed E-state index contributed by atoms with van der Waals surface area (Å²) in [5.74, 6) is 2.42. The molecule has 0 bridgehead atoms. The van der Waals surface area contributed by atoms with Crippen molar-refractivity contribution in [3.63, 3.8) is 0 Å². The van der Waals surface area contributed by atoms with Gasteiger partial charge in [0.2, 0.25) is 0 Å². The van der Waals surface area contributed by atoms with Crippen molar-refractivity contribution < 1.29 is 13.9 Å². The molecule has 4 rings (SSSR count). The van der Waals surface area contributed by atoms with Crippen LogP contribution in [-0.2, 0) is 5.75 Å². The third-order valence-corrected chi connectivity index (χ3v) is 7.10. The van der Waals surface area contributed by atoms with Gasteiger partial charge in [0.05, 0.1) is 14.2 Å². The van der Waals surface area contributed by atoms with Gasteiger partial charge in [-0.2, -0.15) is 0 Å². The summed E-state index contributed by atoms with van der Waals surface area (Å²) in [6.45, 7) is 0. The second-order valence-electron chi connectivity index (χ2n) is 7.56. The molecule has 3 aromatic rings. The zero-order chi connectivity index (χ0) is 21.8. The van der Waals surface area contributed by atoms with Crippen LogP contribution >= 0.6 is 27.7 Å². The summed E-state index contributed by atoms with van der Waals surface area (Å²) < 4.78 is 28.2. The van der Waals surface area contributed by atoms with E-state index in [2.05, 4.69) is 30.7 Å². The van der Waals surface area contributed by atoms with Gasteiger partial charge < -0.3 is 9.47 Å². The molecule has 2 aromatic carbocycles. The normalized spacial score (nSPS) is 14.6. The SMILES string of the molecule is COc1ccc(-c2nnc(SCc3ccc(Br)cc3F)n2C2CCCCC2)cc1OC. The van der Waals surface area contributed by atoms with Crippen LogP contribution in [0.15, 0.2) is 46.0 Å². The Bertz CT molecular complexity index is 1050. The number of hydrogen-bond acceptors (Lipinski definition) is 5. The number of nitrogens with zero attached hydrogens (tertiary/aromatic N) is 3. The van der Waals surface area contributed by atoms with E-state index >= 15 is 0 Å². The average Bonchev–Trinajstić information content (AvgIpc) is 3.22. The molecule has 1 fully saturated rings. The number of aromatic nitrogens is 3. The largest absolute Gasteiger partial charge is 0.493 e. The van der Waals surface area contributed by atoms with Gasteiger partial charge in [-0.3, -0.25) is 4.57 Å². The van der Waals surface area contributed by atoms with Crippen molar-refractivity contribution in [2.75, 3.05) is 14.2 Å². The summed E-state index contributed by atoms with van der Waals surface area (Å²) in [6, 6.07) is 11.3. The van der Waals surface area contributed by atoms with Gasteiger partial charge in [-0.05, 0) is 48.7 Å². The first-order valence-corrected chi connectivity index (χ1v) is 12.1. The number of rotatable bonds is 7. The molecule has 0 radical (unpaired) electrons. The molecule has 1 heterocycles. The van der Waals surface area contributed by atoms with E-state index in [-0.39, 0.29) is 5.82 Å². The van der Waals surface area contributed by atoms with Crippen LogP contribution in [0.4, 0.5) is 4.39 Å². The highest BCUT2D eigenvalue weighted by molar-refractivity contribution is 9.10. The number of thioether (sulfide) groups is 1. The topological polar surface area (TPSA) is 49.2 Å². The van der Waals surface area contributed by atoms with E-state index in [0.29, 0.717) is 28.9 Å². The highest BCUT2D eigenvalue weighted by atomic mass is 79.9. The Labute approximate surface area is 194 Å². The summed E-state index contributed by atoms with van der Waals surface area (Å²) in [6.07, 6.45) is 5.84. The Kier molecular flexibility index (Phi) is 7.17. The van der Waals surface area contributed by atoms with Gasteiger partial charge in [-0.25, -0.2) is 4.39 Å². The fourth-order valence-corrected chi connectivity index (χ4v) is 5.32. The van der Waals surface area contributed by atoms with Crippen LogP contribution in [0.25, 0.3) is 11.4 Å². The molecular formula is C23H25BrFN3O2S. The molecule has 5 nitrogen and oxygen atoms in total. The van der Waals surface area contributed by atoms with Crippen LogP contribution in [0.3, 0.4) is 0 Å². The second-order valence-corrected chi connectivity index (χ2v) is 9.42. The molecule has 0 amide bonds. The quantitative estimate of drug-likeness (QED) is 0.336. The van der Waals surface area contributed by atoms with E-state index in [0.717, 1.165) is 33.9 Å². The molecule has 0 atom stereocenters. The number of ether oxygens (including phenoxy) is 2. The van der Waals surface area contributed by atoms with Gasteiger partial charge in [0.15, 0.2) is 22.5 Å². The Morgan fingerprint density at radius 3 is 2.52 bits per heavy atom. The van der Waals surface area contributed by atoms with Gasteiger partial charge in [0.25, 0.3) is 0 Å². The molecule has 1 saturated carbocycles. The van der Waals surface area contributed by atoms with Gasteiger partial charge in [0, 0.05) is 21.8 Å². The minimum absolute atomic E-state index is 0.217. The van der Waals surface area contributed by atoms with Crippen LogP contribution in [0.2, 0.25) is 0 Å². The van der Waals surface area contributed by atoms with Crippen LogP contribution in [-0.4, -0.2) is 29.0 Å². The highest BCUT2D eigenvalue weighted by Crippen LogP contribution is 2.38. The maximum atomic E-state index is 14.3. The average molecular weight is 506 g/mol.